The van der Waals surface area contributed by atoms with Gasteiger partial charge in [0.15, 0.2) is 11.5 Å². The highest BCUT2D eigenvalue weighted by Crippen LogP contribution is 2.37. The lowest BCUT2D eigenvalue weighted by atomic mass is 10.2. The van der Waals surface area contributed by atoms with Crippen LogP contribution in [0.25, 0.3) is 6.08 Å². The van der Waals surface area contributed by atoms with E-state index in [-0.39, 0.29) is 0 Å². The van der Waals surface area contributed by atoms with Crippen LogP contribution >= 0.6 is 15.9 Å². The van der Waals surface area contributed by atoms with Gasteiger partial charge in [0, 0.05) is 0 Å². The zero-order valence-electron chi connectivity index (χ0n) is 12.4. The first-order valence-corrected chi connectivity index (χ1v) is 7.77. The minimum atomic E-state index is -1.23. The molecule has 1 aromatic carbocycles. The van der Waals surface area contributed by atoms with Gasteiger partial charge in [-0.3, -0.25) is 0 Å². The van der Waals surface area contributed by atoms with Crippen LogP contribution in [-0.2, 0) is 4.79 Å². The summed E-state index contributed by atoms with van der Waals surface area (Å²) in [5.74, 6) is -0.0289. The molecule has 0 aliphatic carbocycles. The van der Waals surface area contributed by atoms with Crippen molar-refractivity contribution < 1.29 is 19.4 Å². The first kappa shape index (κ1) is 17.6. The normalized spacial score (nSPS) is 10.8. The number of carbonyl (C=O) groups excluding carboxylic acids is 1. The molecule has 0 saturated heterocycles. The third kappa shape index (κ3) is 6.21. The van der Waals surface area contributed by atoms with Gasteiger partial charge in [0.25, 0.3) is 0 Å². The smallest absolute Gasteiger partial charge is 0.175 e. The van der Waals surface area contributed by atoms with Crippen molar-refractivity contribution in [2.45, 2.75) is 32.6 Å². The van der Waals surface area contributed by atoms with E-state index in [4.69, 9.17) is 9.47 Å². The standard InChI is InChI=1S/C16H21BrO4/c1-3-4-5-6-9-21-16-13(17)10-12(7-8-15(18)19)11-14(16)20-2/h7-8,10-11H,3-6,9H2,1-2H3,(H,18,19)/p-1/b8-7+. The lowest BCUT2D eigenvalue weighted by Crippen LogP contribution is -2.18. The zero-order chi connectivity index (χ0) is 15.7. The molecule has 21 heavy (non-hydrogen) atoms. The van der Waals surface area contributed by atoms with Crippen molar-refractivity contribution in [3.8, 4) is 11.5 Å². The summed E-state index contributed by atoms with van der Waals surface area (Å²) in [4.78, 5) is 10.4. The Bertz CT molecular complexity index is 497. The number of ether oxygens (including phenoxy) is 2. The average Bonchev–Trinajstić information content (AvgIpc) is 2.46. The molecule has 0 aromatic heterocycles. The van der Waals surface area contributed by atoms with Crippen LogP contribution in [0, 0.1) is 0 Å². The third-order valence-corrected chi connectivity index (χ3v) is 3.50. The van der Waals surface area contributed by atoms with Crippen LogP contribution in [0.4, 0.5) is 0 Å². The van der Waals surface area contributed by atoms with Gasteiger partial charge in [0.05, 0.1) is 24.2 Å². The Morgan fingerprint density at radius 2 is 2.10 bits per heavy atom. The van der Waals surface area contributed by atoms with Crippen molar-refractivity contribution in [1.82, 2.24) is 0 Å². The Kier molecular flexibility index (Phi) is 7.90. The fraction of sp³-hybridized carbons (Fsp3) is 0.438. The monoisotopic (exact) mass is 355 g/mol. The first-order valence-electron chi connectivity index (χ1n) is 6.97. The molecule has 5 heteroatoms. The van der Waals surface area contributed by atoms with Crippen LogP contribution in [0.3, 0.4) is 0 Å². The van der Waals surface area contributed by atoms with Crippen LogP contribution in [-0.4, -0.2) is 19.7 Å². The summed E-state index contributed by atoms with van der Waals surface area (Å²) >= 11 is 3.43. The van der Waals surface area contributed by atoms with E-state index in [2.05, 4.69) is 22.9 Å². The molecule has 4 nitrogen and oxygen atoms in total. The lowest BCUT2D eigenvalue weighted by molar-refractivity contribution is -0.297. The number of hydrogen-bond donors (Lipinski definition) is 0. The second-order valence-electron chi connectivity index (χ2n) is 4.60. The number of benzene rings is 1. The maximum absolute atomic E-state index is 10.4. The van der Waals surface area contributed by atoms with E-state index in [1.165, 1.54) is 18.9 Å². The number of halogens is 1. The highest BCUT2D eigenvalue weighted by atomic mass is 79.9. The SMILES string of the molecule is CCCCCCOc1c(Br)cc(/C=C/C(=O)[O-])cc1OC. The summed E-state index contributed by atoms with van der Waals surface area (Å²) in [5, 5.41) is 10.4. The Morgan fingerprint density at radius 1 is 1.33 bits per heavy atom. The number of carboxylic acids is 1. The van der Waals surface area contributed by atoms with E-state index in [0.717, 1.165) is 23.4 Å². The van der Waals surface area contributed by atoms with Gasteiger partial charge < -0.3 is 19.4 Å². The summed E-state index contributed by atoms with van der Waals surface area (Å²) in [7, 11) is 1.55. The predicted octanol–water partition coefficient (Wildman–Crippen LogP) is 3.18. The molecule has 1 rings (SSSR count). The van der Waals surface area contributed by atoms with Crippen molar-refractivity contribution in [2.24, 2.45) is 0 Å². The molecule has 0 bridgehead atoms. The predicted molar refractivity (Wildman–Crippen MR) is 84.4 cm³/mol. The maximum Gasteiger partial charge on any atom is 0.175 e. The summed E-state index contributed by atoms with van der Waals surface area (Å²) in [5.41, 5.74) is 0.696. The minimum absolute atomic E-state index is 0.567. The van der Waals surface area contributed by atoms with Crippen LogP contribution < -0.4 is 14.6 Å². The van der Waals surface area contributed by atoms with Crippen molar-refractivity contribution in [1.29, 1.82) is 0 Å². The zero-order valence-corrected chi connectivity index (χ0v) is 13.9. The van der Waals surface area contributed by atoms with Crippen molar-refractivity contribution in [3.05, 3.63) is 28.2 Å². The first-order chi connectivity index (χ1) is 10.1. The summed E-state index contributed by atoms with van der Waals surface area (Å²) in [6, 6.07) is 3.51. The number of carbonyl (C=O) groups is 1. The number of rotatable bonds is 9. The van der Waals surface area contributed by atoms with Gasteiger partial charge in [0.1, 0.15) is 0 Å². The number of unbranched alkanes of at least 4 members (excludes halogenated alkanes) is 3. The second kappa shape index (κ2) is 9.45. The van der Waals surface area contributed by atoms with Crippen molar-refractivity contribution in [2.75, 3.05) is 13.7 Å². The number of methoxy groups -OCH3 is 1. The maximum atomic E-state index is 10.4. The number of hydrogen-bond acceptors (Lipinski definition) is 4. The van der Waals surface area contributed by atoms with Gasteiger partial charge >= 0.3 is 0 Å². The van der Waals surface area contributed by atoms with Gasteiger partial charge in [-0.2, -0.15) is 0 Å². The number of carboxylic acid groups (broad SMARTS) is 1. The lowest BCUT2D eigenvalue weighted by Gasteiger charge is -2.13. The van der Waals surface area contributed by atoms with Gasteiger partial charge in [0.2, 0.25) is 0 Å². The van der Waals surface area contributed by atoms with E-state index >= 15 is 0 Å². The topological polar surface area (TPSA) is 58.6 Å². The molecule has 0 amide bonds. The average molecular weight is 356 g/mol. The highest BCUT2D eigenvalue weighted by Gasteiger charge is 2.10. The van der Waals surface area contributed by atoms with Gasteiger partial charge in [-0.05, 0) is 46.1 Å². The fourth-order valence-electron chi connectivity index (χ4n) is 1.84. The molecule has 0 spiro atoms. The number of aliphatic carboxylic acids is 1. The molecule has 0 aliphatic rings. The molecule has 0 unspecified atom stereocenters. The highest BCUT2D eigenvalue weighted by molar-refractivity contribution is 9.10. The van der Waals surface area contributed by atoms with Crippen molar-refractivity contribution >= 4 is 28.0 Å². The Morgan fingerprint density at radius 3 is 2.71 bits per heavy atom. The van der Waals surface area contributed by atoms with Crippen LogP contribution in [0.5, 0.6) is 11.5 Å². The van der Waals surface area contributed by atoms with Crippen LogP contribution in [0.1, 0.15) is 38.2 Å². The van der Waals surface area contributed by atoms with E-state index in [0.29, 0.717) is 23.7 Å². The molecule has 1 aromatic rings. The molecule has 116 valence electrons. The Labute approximate surface area is 133 Å². The third-order valence-electron chi connectivity index (χ3n) is 2.91. The fourth-order valence-corrected chi connectivity index (χ4v) is 2.42. The van der Waals surface area contributed by atoms with E-state index < -0.39 is 5.97 Å². The molecule has 0 atom stereocenters. The second-order valence-corrected chi connectivity index (χ2v) is 5.45. The molecule has 0 heterocycles. The summed E-state index contributed by atoms with van der Waals surface area (Å²) in [6.07, 6.45) is 6.96. The molecular formula is C16H20BrO4-. The molecule has 0 saturated carbocycles. The molecule has 0 N–H and O–H groups in total. The molecule has 0 fully saturated rings. The van der Waals surface area contributed by atoms with Gasteiger partial charge in [-0.15, -0.1) is 0 Å². The van der Waals surface area contributed by atoms with E-state index in [1.807, 2.05) is 0 Å². The largest absolute Gasteiger partial charge is 0.545 e. The van der Waals surface area contributed by atoms with Gasteiger partial charge in [-0.25, -0.2) is 0 Å². The van der Waals surface area contributed by atoms with E-state index in [1.54, 1.807) is 19.2 Å². The molecule has 0 radical (unpaired) electrons. The summed E-state index contributed by atoms with van der Waals surface area (Å²) < 4.78 is 11.8. The van der Waals surface area contributed by atoms with Gasteiger partial charge in [-0.1, -0.05) is 32.3 Å². The Balaban J connectivity index is 2.77. The minimum Gasteiger partial charge on any atom is -0.545 e. The van der Waals surface area contributed by atoms with Crippen LogP contribution in [0.15, 0.2) is 22.7 Å². The quantitative estimate of drug-likeness (QED) is 0.504. The summed E-state index contributed by atoms with van der Waals surface area (Å²) in [6.45, 7) is 2.79. The Hall–Kier alpha value is -1.49. The van der Waals surface area contributed by atoms with Crippen LogP contribution in [0.2, 0.25) is 0 Å². The van der Waals surface area contributed by atoms with E-state index in [9.17, 15) is 9.90 Å². The molecular weight excluding hydrogens is 336 g/mol. The van der Waals surface area contributed by atoms with Crippen molar-refractivity contribution in [3.63, 3.8) is 0 Å². The molecule has 0 aliphatic heterocycles.